The van der Waals surface area contributed by atoms with Gasteiger partial charge in [0.1, 0.15) is 11.9 Å². The average Bonchev–Trinajstić information content (AvgIpc) is 2.97. The standard InChI is InChI=1S/C30H36N4O4/c1-21-17-34(22(2)20-35)29(36)16-25-15-26(32-30(37)24-11-13-31-14-12-24)9-10-27(25)38-28(21)19-33(3)18-23-7-5-4-6-8-23/h4-15,21-22,28,35H,16-20H2,1-3H3,(H,32,37)/t21-,22+,28-/m0/s1. The third-order valence-corrected chi connectivity index (χ3v) is 6.90. The zero-order valence-corrected chi connectivity index (χ0v) is 22.2. The SMILES string of the molecule is C[C@H](CO)N1C[C@H](C)[C@H](CN(C)Cc2ccccc2)Oc2ccc(NC(=O)c3ccncc3)cc2CC1=O. The normalized spacial score (nSPS) is 18.6. The van der Waals surface area contributed by atoms with Gasteiger partial charge in [-0.25, -0.2) is 0 Å². The number of hydrogen-bond acceptors (Lipinski definition) is 6. The smallest absolute Gasteiger partial charge is 0.255 e. The Morgan fingerprint density at radius 1 is 1.18 bits per heavy atom. The molecule has 2 N–H and O–H groups in total. The van der Waals surface area contributed by atoms with Gasteiger partial charge in [0.05, 0.1) is 19.1 Å². The number of fused-ring (bicyclic) bond motifs is 1. The molecule has 2 amide bonds. The molecule has 2 heterocycles. The number of likely N-dealkylation sites (N-methyl/N-ethyl adjacent to an activating group) is 1. The van der Waals surface area contributed by atoms with Gasteiger partial charge in [-0.05, 0) is 49.9 Å². The summed E-state index contributed by atoms with van der Waals surface area (Å²) >= 11 is 0. The van der Waals surface area contributed by atoms with Gasteiger partial charge in [0.25, 0.3) is 5.91 Å². The van der Waals surface area contributed by atoms with Crippen molar-refractivity contribution in [3.8, 4) is 5.75 Å². The minimum Gasteiger partial charge on any atom is -0.488 e. The van der Waals surface area contributed by atoms with Crippen LogP contribution in [0.2, 0.25) is 0 Å². The molecule has 0 bridgehead atoms. The van der Waals surface area contributed by atoms with Gasteiger partial charge in [0.2, 0.25) is 5.91 Å². The lowest BCUT2D eigenvalue weighted by molar-refractivity contribution is -0.134. The van der Waals surface area contributed by atoms with Crippen LogP contribution in [0.5, 0.6) is 5.75 Å². The van der Waals surface area contributed by atoms with Gasteiger partial charge in [0, 0.05) is 54.8 Å². The van der Waals surface area contributed by atoms with Crippen LogP contribution in [0.4, 0.5) is 5.69 Å². The Morgan fingerprint density at radius 3 is 2.63 bits per heavy atom. The summed E-state index contributed by atoms with van der Waals surface area (Å²) in [5, 5.41) is 12.8. The molecule has 1 aliphatic heterocycles. The maximum Gasteiger partial charge on any atom is 0.255 e. The fraction of sp³-hybridized carbons (Fsp3) is 0.367. The Kier molecular flexibility index (Phi) is 9.10. The first kappa shape index (κ1) is 27.3. The van der Waals surface area contributed by atoms with Crippen molar-refractivity contribution in [1.29, 1.82) is 0 Å². The van der Waals surface area contributed by atoms with Gasteiger partial charge >= 0.3 is 0 Å². The van der Waals surface area contributed by atoms with Gasteiger partial charge in [-0.3, -0.25) is 19.5 Å². The van der Waals surface area contributed by atoms with Crippen LogP contribution in [0.25, 0.3) is 0 Å². The molecule has 2 aromatic carbocycles. The number of nitrogens with zero attached hydrogens (tertiary/aromatic N) is 3. The molecule has 0 spiro atoms. The number of aliphatic hydroxyl groups is 1. The van der Waals surface area contributed by atoms with Crippen molar-refractivity contribution in [2.45, 2.75) is 39.0 Å². The quantitative estimate of drug-likeness (QED) is 0.475. The summed E-state index contributed by atoms with van der Waals surface area (Å²) in [6, 6.07) is 18.7. The molecule has 0 aliphatic carbocycles. The number of nitrogens with one attached hydrogen (secondary N) is 1. The van der Waals surface area contributed by atoms with E-state index in [1.807, 2.05) is 31.2 Å². The first-order valence-electron chi connectivity index (χ1n) is 13.0. The van der Waals surface area contributed by atoms with Crippen molar-refractivity contribution < 1.29 is 19.4 Å². The maximum absolute atomic E-state index is 13.4. The zero-order valence-electron chi connectivity index (χ0n) is 22.2. The molecule has 0 saturated carbocycles. The molecule has 1 aliphatic rings. The van der Waals surface area contributed by atoms with Crippen molar-refractivity contribution in [3.63, 3.8) is 0 Å². The summed E-state index contributed by atoms with van der Waals surface area (Å²) in [5.41, 5.74) is 2.98. The molecule has 0 radical (unpaired) electrons. The highest BCUT2D eigenvalue weighted by Gasteiger charge is 2.31. The number of aliphatic hydroxyl groups excluding tert-OH is 1. The predicted octanol–water partition coefficient (Wildman–Crippen LogP) is 3.61. The number of carbonyl (C=O) groups is 2. The Morgan fingerprint density at radius 2 is 1.92 bits per heavy atom. The molecule has 0 saturated heterocycles. The second-order valence-corrected chi connectivity index (χ2v) is 10.1. The van der Waals surface area contributed by atoms with Gasteiger partial charge in [-0.1, -0.05) is 37.3 Å². The van der Waals surface area contributed by atoms with Gasteiger partial charge in [-0.15, -0.1) is 0 Å². The lowest BCUT2D eigenvalue weighted by atomic mass is 10.0. The topological polar surface area (TPSA) is 95.0 Å². The lowest BCUT2D eigenvalue weighted by Gasteiger charge is -2.34. The fourth-order valence-corrected chi connectivity index (χ4v) is 4.70. The highest BCUT2D eigenvalue weighted by molar-refractivity contribution is 6.04. The van der Waals surface area contributed by atoms with Crippen molar-refractivity contribution in [1.82, 2.24) is 14.8 Å². The Hall–Kier alpha value is -3.75. The molecule has 8 heteroatoms. The summed E-state index contributed by atoms with van der Waals surface area (Å²) in [6.45, 7) is 5.73. The molecule has 0 fully saturated rings. The molecule has 4 rings (SSSR count). The van der Waals surface area contributed by atoms with Crippen LogP contribution >= 0.6 is 0 Å². The highest BCUT2D eigenvalue weighted by Crippen LogP contribution is 2.29. The van der Waals surface area contributed by atoms with Crippen molar-refractivity contribution >= 4 is 17.5 Å². The van der Waals surface area contributed by atoms with E-state index in [1.54, 1.807) is 41.6 Å². The second-order valence-electron chi connectivity index (χ2n) is 10.1. The van der Waals surface area contributed by atoms with Crippen LogP contribution in [-0.4, -0.2) is 70.6 Å². The van der Waals surface area contributed by atoms with Crippen molar-refractivity contribution in [2.24, 2.45) is 5.92 Å². The van der Waals surface area contributed by atoms with E-state index in [1.165, 1.54) is 5.56 Å². The monoisotopic (exact) mass is 516 g/mol. The number of aromatic nitrogens is 1. The number of pyridine rings is 1. The Labute approximate surface area is 224 Å². The Bertz CT molecular complexity index is 1220. The lowest BCUT2D eigenvalue weighted by Crippen LogP contribution is -2.47. The summed E-state index contributed by atoms with van der Waals surface area (Å²) in [5.74, 6) is 0.304. The largest absolute Gasteiger partial charge is 0.488 e. The molecular formula is C30H36N4O4. The van der Waals surface area contributed by atoms with E-state index < -0.39 is 0 Å². The molecule has 200 valence electrons. The highest BCUT2D eigenvalue weighted by atomic mass is 16.5. The third kappa shape index (κ3) is 6.96. The van der Waals surface area contributed by atoms with Crippen LogP contribution in [0.3, 0.4) is 0 Å². The molecule has 3 aromatic rings. The number of hydrogen-bond donors (Lipinski definition) is 2. The molecule has 8 nitrogen and oxygen atoms in total. The maximum atomic E-state index is 13.4. The van der Waals surface area contributed by atoms with Crippen LogP contribution < -0.4 is 10.1 Å². The number of carbonyl (C=O) groups excluding carboxylic acids is 2. The number of amides is 2. The molecule has 0 unspecified atom stereocenters. The number of benzene rings is 2. The van der Waals surface area contributed by atoms with Crippen molar-refractivity contribution in [2.75, 3.05) is 32.1 Å². The molecule has 3 atom stereocenters. The third-order valence-electron chi connectivity index (χ3n) is 6.90. The number of rotatable bonds is 8. The molecule has 1 aromatic heterocycles. The van der Waals surface area contributed by atoms with Gasteiger partial charge in [-0.2, -0.15) is 0 Å². The van der Waals surface area contributed by atoms with E-state index in [9.17, 15) is 14.7 Å². The zero-order chi connectivity index (χ0) is 27.1. The second kappa shape index (κ2) is 12.7. The minimum atomic E-state index is -0.316. The average molecular weight is 517 g/mol. The van der Waals surface area contributed by atoms with E-state index in [0.717, 1.165) is 6.54 Å². The number of ether oxygens (including phenoxy) is 1. The summed E-state index contributed by atoms with van der Waals surface area (Å²) < 4.78 is 6.59. The van der Waals surface area contributed by atoms with E-state index in [0.29, 0.717) is 35.7 Å². The van der Waals surface area contributed by atoms with Crippen LogP contribution in [-0.2, 0) is 17.8 Å². The molecule has 38 heavy (non-hydrogen) atoms. The van der Waals surface area contributed by atoms with E-state index in [2.05, 4.69) is 41.3 Å². The van der Waals surface area contributed by atoms with Crippen molar-refractivity contribution in [3.05, 3.63) is 89.7 Å². The summed E-state index contributed by atoms with van der Waals surface area (Å²) in [7, 11) is 2.06. The first-order valence-corrected chi connectivity index (χ1v) is 13.0. The summed E-state index contributed by atoms with van der Waals surface area (Å²) in [6.07, 6.45) is 3.05. The Balaban J connectivity index is 1.60. The van der Waals surface area contributed by atoms with E-state index in [-0.39, 0.29) is 42.9 Å². The first-order chi connectivity index (χ1) is 18.3. The summed E-state index contributed by atoms with van der Waals surface area (Å²) in [4.78, 5) is 34.0. The van der Waals surface area contributed by atoms with Gasteiger partial charge in [0.15, 0.2) is 0 Å². The molecular weight excluding hydrogens is 480 g/mol. The minimum absolute atomic E-state index is 0.0168. The van der Waals surface area contributed by atoms with E-state index >= 15 is 0 Å². The van der Waals surface area contributed by atoms with Crippen LogP contribution in [0.15, 0.2) is 73.1 Å². The van der Waals surface area contributed by atoms with Crippen LogP contribution in [0.1, 0.15) is 35.3 Å². The predicted molar refractivity (Wildman–Crippen MR) is 147 cm³/mol. The van der Waals surface area contributed by atoms with Crippen LogP contribution in [0, 0.1) is 5.92 Å². The van der Waals surface area contributed by atoms with Gasteiger partial charge < -0.3 is 20.1 Å². The fourth-order valence-electron chi connectivity index (χ4n) is 4.70. The number of anilines is 1. The van der Waals surface area contributed by atoms with E-state index in [4.69, 9.17) is 4.74 Å².